The lowest BCUT2D eigenvalue weighted by atomic mass is 10.7. The lowest BCUT2D eigenvalue weighted by Gasteiger charge is -1.73. The molecular weight excluding hydrogens is 391 g/mol. The molecule has 0 radical (unpaired) electrons. The molecule has 14 heteroatoms. The van der Waals surface area contributed by atoms with Crippen molar-refractivity contribution in [2.75, 3.05) is 0 Å². The first-order chi connectivity index (χ1) is 10.2. The first kappa shape index (κ1) is 29.4. The van der Waals surface area contributed by atoms with Crippen LogP contribution in [-0.4, -0.2) is 0 Å². The molecule has 0 saturated heterocycles. The Labute approximate surface area is 124 Å². The van der Waals surface area contributed by atoms with Crippen LogP contribution in [0.4, 0.5) is 57.1 Å². The van der Waals surface area contributed by atoms with Crippen molar-refractivity contribution in [3.63, 3.8) is 0 Å². The third kappa shape index (κ3) is 44.9. The zero-order valence-electron chi connectivity index (χ0n) is 10.4. The summed E-state index contributed by atoms with van der Waals surface area (Å²) in [5.74, 6) is -1.41. The molecule has 138 valence electrons. The average molecular weight is 395 g/mol. The Kier molecular flexibility index (Phi) is 23.5. The topological polar surface area (TPSA) is 0 Å². The third-order valence-corrected chi connectivity index (χ3v) is 0.771. The fourth-order valence-corrected chi connectivity index (χ4v) is 0. The van der Waals surface area contributed by atoms with Crippen LogP contribution < -0.4 is 0 Å². The highest BCUT2D eigenvalue weighted by molar-refractivity contribution is 6.28. The van der Waals surface area contributed by atoms with Gasteiger partial charge in [-0.25, -0.2) is 8.78 Å². The van der Waals surface area contributed by atoms with E-state index in [1.807, 2.05) is 0 Å². The van der Waals surface area contributed by atoms with Crippen molar-refractivity contribution in [1.82, 2.24) is 0 Å². The van der Waals surface area contributed by atoms with Gasteiger partial charge in [0.05, 0.1) is 0 Å². The molecule has 0 bridgehead atoms. The fraction of sp³-hybridized carbons (Fsp3) is 0.111. The number of allylic oxidation sites excluding steroid dienone is 1. The molecule has 0 nitrogen and oxygen atoms in total. The van der Waals surface area contributed by atoms with Gasteiger partial charge in [-0.15, -0.1) is 0 Å². The molecule has 0 aliphatic carbocycles. The van der Waals surface area contributed by atoms with E-state index < -0.39 is 47.8 Å². The zero-order valence-corrected chi connectivity index (χ0v) is 11.1. The summed E-state index contributed by atoms with van der Waals surface area (Å²) in [5.41, 5.74) is 0. The smallest absolute Gasteiger partial charge is 0.210 e. The Balaban J connectivity index is -0.000000105. The lowest BCUT2D eigenvalue weighted by Crippen LogP contribution is -1.59. The molecule has 23 heavy (non-hydrogen) atoms. The van der Waals surface area contributed by atoms with Crippen molar-refractivity contribution in [3.8, 4) is 0 Å². The fourth-order valence-electron chi connectivity index (χ4n) is 0. The second-order valence-electron chi connectivity index (χ2n) is 2.23. The molecule has 0 aromatic rings. The highest BCUT2D eigenvalue weighted by atomic mass is 35.5. The molecule has 0 rings (SSSR count). The van der Waals surface area contributed by atoms with Crippen molar-refractivity contribution in [2.45, 2.75) is 6.92 Å². The summed E-state index contributed by atoms with van der Waals surface area (Å²) in [6.45, 7) is 0.704. The van der Waals surface area contributed by atoms with Gasteiger partial charge in [-0.2, -0.15) is 48.3 Å². The monoisotopic (exact) mass is 394 g/mol. The molecule has 0 aromatic heterocycles. The molecule has 0 aliphatic rings. The summed E-state index contributed by atoms with van der Waals surface area (Å²) in [5, 5.41) is -1.94. The van der Waals surface area contributed by atoms with Crippen LogP contribution in [0.5, 0.6) is 0 Å². The van der Waals surface area contributed by atoms with Gasteiger partial charge in [0, 0.05) is 0 Å². The average Bonchev–Trinajstić information content (AvgIpc) is 2.40. The molecule has 0 saturated carbocycles. The van der Waals surface area contributed by atoms with E-state index in [2.05, 4.69) is 11.6 Å². The van der Waals surface area contributed by atoms with Crippen LogP contribution >= 0.6 is 11.6 Å². The van der Waals surface area contributed by atoms with Crippen LogP contribution in [-0.2, 0) is 0 Å². The highest BCUT2D eigenvalue weighted by Crippen LogP contribution is 2.11. The third-order valence-electron chi connectivity index (χ3n) is 0.629. The van der Waals surface area contributed by atoms with Gasteiger partial charge in [-0.05, 0) is 18.5 Å². The van der Waals surface area contributed by atoms with Crippen molar-refractivity contribution in [2.24, 2.45) is 0 Å². The van der Waals surface area contributed by atoms with E-state index in [0.717, 1.165) is 0 Å². The normalized spacial score (nSPS) is 7.78. The van der Waals surface area contributed by atoms with Gasteiger partial charge in [0.25, 0.3) is 11.4 Å². The minimum absolute atomic E-state index is 0.704. The number of hydrogen-bond acceptors (Lipinski definition) is 0. The predicted octanol–water partition coefficient (Wildman–Crippen LogP) is 8.03. The first-order valence-corrected chi connectivity index (χ1v) is 4.59. The van der Waals surface area contributed by atoms with E-state index in [9.17, 15) is 57.1 Å². The van der Waals surface area contributed by atoms with Gasteiger partial charge in [-0.3, -0.25) is 0 Å². The van der Waals surface area contributed by atoms with Gasteiger partial charge in [-0.1, -0.05) is 0 Å². The summed E-state index contributed by atoms with van der Waals surface area (Å²) in [6, 6.07) is 0. The van der Waals surface area contributed by atoms with Crippen molar-refractivity contribution in [3.05, 3.63) is 47.8 Å². The van der Waals surface area contributed by atoms with Crippen molar-refractivity contribution in [1.29, 1.82) is 0 Å². The zero-order chi connectivity index (χ0) is 19.7. The minimum Gasteiger partial charge on any atom is -0.210 e. The first-order valence-electron chi connectivity index (χ1n) is 4.21. The highest BCUT2D eigenvalue weighted by Gasteiger charge is 1.98. The van der Waals surface area contributed by atoms with E-state index >= 15 is 0 Å². The van der Waals surface area contributed by atoms with Crippen molar-refractivity contribution >= 4 is 11.6 Å². The molecule has 0 aliphatic heterocycles. The standard InChI is InChI=1S/C3H3F3.C2ClF3.C2F4.C2HF3/c1-2(4)3(5)6;2*3-1(4)2(5)6;3-1-2(4)5/h1H3;;;1H. The molecule has 0 unspecified atom stereocenters. The minimum atomic E-state index is -2.91. The maximum atomic E-state index is 11.0. The second-order valence-corrected chi connectivity index (χ2v) is 2.57. The maximum absolute atomic E-state index is 11.0. The van der Waals surface area contributed by atoms with E-state index in [1.165, 1.54) is 0 Å². The molecule has 0 N–H and O–H groups in total. The van der Waals surface area contributed by atoms with Crippen LogP contribution in [0.15, 0.2) is 47.8 Å². The Bertz CT molecular complexity index is 326. The number of hydrogen-bond donors (Lipinski definition) is 0. The quantitative estimate of drug-likeness (QED) is 0.365. The largest absolute Gasteiger partial charge is 0.334 e. The molecule has 0 atom stereocenters. The summed E-state index contributed by atoms with van der Waals surface area (Å²) < 4.78 is 136. The Hall–Kier alpha value is -1.66. The molecule has 0 aromatic carbocycles. The van der Waals surface area contributed by atoms with Crippen LogP contribution in [0.3, 0.4) is 0 Å². The van der Waals surface area contributed by atoms with E-state index in [-0.39, 0.29) is 0 Å². The van der Waals surface area contributed by atoms with Crippen molar-refractivity contribution < 1.29 is 57.1 Å². The summed E-state index contributed by atoms with van der Waals surface area (Å²) in [7, 11) is 0. The predicted molar refractivity (Wildman–Crippen MR) is 55.1 cm³/mol. The molecule has 0 heterocycles. The molecule has 0 spiro atoms. The van der Waals surface area contributed by atoms with Crippen LogP contribution in [0.2, 0.25) is 0 Å². The Morgan fingerprint density at radius 3 is 0.783 bits per heavy atom. The lowest BCUT2D eigenvalue weighted by molar-refractivity contribution is 0.308. The number of rotatable bonds is 0. The Morgan fingerprint density at radius 2 is 0.783 bits per heavy atom. The Morgan fingerprint density at radius 1 is 0.609 bits per heavy atom. The van der Waals surface area contributed by atoms with Gasteiger partial charge in [0.2, 0.25) is 0 Å². The van der Waals surface area contributed by atoms with E-state index in [1.54, 1.807) is 0 Å². The van der Waals surface area contributed by atoms with Gasteiger partial charge in [0.15, 0.2) is 12.2 Å². The van der Waals surface area contributed by atoms with Gasteiger partial charge < -0.3 is 0 Å². The van der Waals surface area contributed by atoms with E-state index in [0.29, 0.717) is 6.92 Å². The molecule has 0 fully saturated rings. The summed E-state index contributed by atoms with van der Waals surface area (Å²) in [6.07, 6.45) is -13.6. The second kappa shape index (κ2) is 18.4. The molecule has 0 amide bonds. The van der Waals surface area contributed by atoms with E-state index in [4.69, 9.17) is 0 Å². The van der Waals surface area contributed by atoms with Crippen LogP contribution in [0.1, 0.15) is 6.92 Å². The number of halogens is 14. The van der Waals surface area contributed by atoms with Gasteiger partial charge >= 0.3 is 24.3 Å². The van der Waals surface area contributed by atoms with Crippen LogP contribution in [0, 0.1) is 0 Å². The summed E-state index contributed by atoms with van der Waals surface area (Å²) >= 11 is 4.08. The summed E-state index contributed by atoms with van der Waals surface area (Å²) in [4.78, 5) is 0. The SMILES string of the molecule is CC(F)=C(F)F.FC(F)=C(F)Cl.FC(F)=C(F)F.FC=C(F)F. The van der Waals surface area contributed by atoms with Crippen LogP contribution in [0.25, 0.3) is 0 Å². The van der Waals surface area contributed by atoms with Gasteiger partial charge in [0.1, 0.15) is 0 Å². The molecular formula is C9H4ClF13. The maximum Gasteiger partial charge on any atom is 0.334 e.